The largest absolute Gasteiger partial charge is 0.494 e. The number of anilines is 3. The fourth-order valence-electron chi connectivity index (χ4n) is 9.52. The van der Waals surface area contributed by atoms with Gasteiger partial charge in [0.1, 0.15) is 0 Å². The van der Waals surface area contributed by atoms with E-state index in [0.29, 0.717) is 12.4 Å². The van der Waals surface area contributed by atoms with Crippen LogP contribution in [0.15, 0.2) is 202 Å². The molecule has 1 unspecified atom stereocenters. The Hall–Kier alpha value is -6.49. The summed E-state index contributed by atoms with van der Waals surface area (Å²) in [6, 6.07) is 66.5. The lowest BCUT2D eigenvalue weighted by Crippen LogP contribution is -2.46. The van der Waals surface area contributed by atoms with Crippen molar-refractivity contribution in [2.24, 2.45) is 0 Å². The Balaban J connectivity index is 0.802. The maximum Gasteiger partial charge on any atom is 0.494 e. The maximum absolute atomic E-state index is 6.91. The summed E-state index contributed by atoms with van der Waals surface area (Å²) in [5.74, 6) is 0.643. The lowest BCUT2D eigenvalue weighted by molar-refractivity contribution is -0.00876. The van der Waals surface area contributed by atoms with Gasteiger partial charge in [-0.25, -0.2) is 9.97 Å². The Kier molecular flexibility index (Phi) is 9.61. The van der Waals surface area contributed by atoms with Crippen LogP contribution in [0.1, 0.15) is 26.3 Å². The van der Waals surface area contributed by atoms with Gasteiger partial charge in [-0.3, -0.25) is 4.57 Å². The number of nitrogens with zero attached hydrogens (tertiary/aromatic N) is 4. The first-order chi connectivity index (χ1) is 31.7. The average Bonchev–Trinajstić information content (AvgIpc) is 3.79. The van der Waals surface area contributed by atoms with Crippen LogP contribution in [-0.2, 0) is 15.7 Å². The van der Waals surface area contributed by atoms with Crippen molar-refractivity contribution >= 4 is 90.0 Å². The Bertz CT molecular complexity index is 3470. The number of rotatable bonds is 7. The topological polar surface area (TPSA) is 52.4 Å². The molecule has 0 N–H and O–H groups in total. The number of fused-ring (bicyclic) bond motifs is 6. The highest BCUT2D eigenvalue weighted by molar-refractivity contribution is 9.10. The molecule has 6 nitrogen and oxygen atoms in total. The summed E-state index contributed by atoms with van der Waals surface area (Å²) in [6.45, 7) is 6.45. The van der Waals surface area contributed by atoms with Gasteiger partial charge < -0.3 is 14.2 Å². The quantitative estimate of drug-likeness (QED) is 0.148. The van der Waals surface area contributed by atoms with E-state index in [0.717, 1.165) is 70.7 Å². The van der Waals surface area contributed by atoms with E-state index in [1.807, 2.05) is 17.8 Å². The minimum absolute atomic E-state index is 0.494. The summed E-state index contributed by atoms with van der Waals surface area (Å²) in [7, 11) is -0.494. The van der Waals surface area contributed by atoms with Crippen LogP contribution >= 0.6 is 27.7 Å². The molecule has 0 spiro atoms. The normalized spacial score (nSPS) is 16.6. The first-order valence-electron chi connectivity index (χ1n) is 22.0. The van der Waals surface area contributed by atoms with E-state index in [4.69, 9.17) is 19.3 Å². The highest BCUT2D eigenvalue weighted by Gasteiger charge is 2.54. The molecule has 65 heavy (non-hydrogen) atoms. The maximum atomic E-state index is 6.91. The fraction of sp³-hybridized carbons (Fsp3) is 0.107. The van der Waals surface area contributed by atoms with Gasteiger partial charge in [0.15, 0.2) is 0 Å². The molecule has 314 valence electrons. The smallest absolute Gasteiger partial charge is 0.399 e. The Labute approximate surface area is 391 Å². The van der Waals surface area contributed by atoms with Crippen LogP contribution in [0.4, 0.5) is 17.1 Å². The van der Waals surface area contributed by atoms with Crippen molar-refractivity contribution < 1.29 is 9.31 Å². The van der Waals surface area contributed by atoms with E-state index in [-0.39, 0.29) is 0 Å². The van der Waals surface area contributed by atoms with E-state index in [1.54, 1.807) is 0 Å². The molecule has 0 bridgehead atoms. The Morgan fingerprint density at radius 3 is 2.08 bits per heavy atom. The third kappa shape index (κ3) is 6.88. The van der Waals surface area contributed by atoms with Gasteiger partial charge in [0, 0.05) is 48.1 Å². The Morgan fingerprint density at radius 1 is 0.569 bits per heavy atom. The molecule has 4 heterocycles. The Morgan fingerprint density at radius 2 is 1.25 bits per heavy atom. The molecular formula is C56H42BBrN4O2S. The third-order valence-electron chi connectivity index (χ3n) is 13.3. The summed E-state index contributed by atoms with van der Waals surface area (Å²) in [5, 5.41) is 3.32. The first kappa shape index (κ1) is 40.1. The molecule has 1 saturated heterocycles. The summed E-state index contributed by atoms with van der Waals surface area (Å²) >= 11 is 5.51. The van der Waals surface area contributed by atoms with Gasteiger partial charge in [-0.15, -0.1) is 0 Å². The molecule has 8 aromatic carbocycles. The second-order valence-corrected chi connectivity index (χ2v) is 19.6. The van der Waals surface area contributed by atoms with Crippen molar-refractivity contribution in [3.8, 4) is 28.3 Å². The molecule has 0 saturated carbocycles. The second-order valence-electron chi connectivity index (χ2n) is 17.6. The number of halogens is 1. The molecule has 10 aromatic rings. The van der Waals surface area contributed by atoms with Crippen LogP contribution in [0, 0.1) is 0 Å². The number of aromatic nitrogens is 3. The van der Waals surface area contributed by atoms with Crippen LogP contribution in [-0.4, -0.2) is 32.9 Å². The standard InChI is InChI=1S/C56H42BBrN4O2S/c1-55(2)56(3,64-57(63-55)40-28-25-37(26-29-40)39-27-31-50-52(33-39)65-51-20-12-11-19-49(51)61(50)42-13-5-4-6-14-42)35-36-21-23-38(24-22-36)53-44-16-7-9-17-46(44)59-54(60-53)62-47-18-10-8-15-43(47)45-34-41(58)30-32-48(45)62/h4-34H,35H2,1-3H3. The van der Waals surface area contributed by atoms with Crippen LogP contribution < -0.4 is 10.4 Å². The predicted octanol–water partition coefficient (Wildman–Crippen LogP) is 14.3. The summed E-state index contributed by atoms with van der Waals surface area (Å²) in [5.41, 5.74) is 11.8. The summed E-state index contributed by atoms with van der Waals surface area (Å²) in [6.07, 6.45) is 0.678. The van der Waals surface area contributed by atoms with Crippen LogP contribution in [0.5, 0.6) is 0 Å². The van der Waals surface area contributed by atoms with E-state index in [9.17, 15) is 0 Å². The highest BCUT2D eigenvalue weighted by atomic mass is 79.9. The highest BCUT2D eigenvalue weighted by Crippen LogP contribution is 2.52. The first-order valence-corrected chi connectivity index (χ1v) is 23.6. The fourth-order valence-corrected chi connectivity index (χ4v) is 11.0. The van der Waals surface area contributed by atoms with E-state index in [2.05, 4.69) is 228 Å². The van der Waals surface area contributed by atoms with Crippen LogP contribution in [0.25, 0.3) is 61.0 Å². The summed E-state index contributed by atoms with van der Waals surface area (Å²) in [4.78, 5) is 15.3. The number of hydrogen-bond acceptors (Lipinski definition) is 6. The van der Waals surface area contributed by atoms with E-state index >= 15 is 0 Å². The van der Waals surface area contributed by atoms with Crippen molar-refractivity contribution in [2.45, 2.75) is 48.2 Å². The minimum atomic E-state index is -0.588. The van der Waals surface area contributed by atoms with Gasteiger partial charge in [-0.05, 0) is 110 Å². The second kappa shape index (κ2) is 15.6. The van der Waals surface area contributed by atoms with Crippen LogP contribution in [0.3, 0.4) is 0 Å². The molecule has 0 radical (unpaired) electrons. The zero-order valence-electron chi connectivity index (χ0n) is 36.1. The molecule has 0 aliphatic carbocycles. The zero-order valence-corrected chi connectivity index (χ0v) is 38.5. The molecule has 2 aliphatic rings. The molecule has 0 amide bonds. The third-order valence-corrected chi connectivity index (χ3v) is 14.9. The van der Waals surface area contributed by atoms with E-state index < -0.39 is 18.3 Å². The molecular weight excluding hydrogens is 883 g/mol. The molecule has 12 rings (SSSR count). The zero-order chi connectivity index (χ0) is 43.9. The van der Waals surface area contributed by atoms with Crippen molar-refractivity contribution in [2.75, 3.05) is 4.90 Å². The molecule has 2 aromatic heterocycles. The minimum Gasteiger partial charge on any atom is -0.399 e. The van der Waals surface area contributed by atoms with Crippen LogP contribution in [0.2, 0.25) is 0 Å². The van der Waals surface area contributed by atoms with Gasteiger partial charge in [-0.1, -0.05) is 149 Å². The molecule has 2 aliphatic heterocycles. The monoisotopic (exact) mass is 924 g/mol. The SMILES string of the molecule is CC1(C)OB(c2ccc(-c3ccc4c(c3)Sc3ccccc3N4c3ccccc3)cc2)OC1(C)Cc1ccc(-c2nc(-n3c4ccccc4c4cc(Br)ccc43)nc3ccccc23)cc1. The molecule has 1 atom stereocenters. The van der Waals surface area contributed by atoms with Gasteiger partial charge in [-0.2, -0.15) is 0 Å². The van der Waals surface area contributed by atoms with Crippen molar-refractivity contribution in [1.29, 1.82) is 0 Å². The van der Waals surface area contributed by atoms with Gasteiger partial charge >= 0.3 is 7.12 Å². The van der Waals surface area contributed by atoms with Crippen molar-refractivity contribution in [3.63, 3.8) is 0 Å². The van der Waals surface area contributed by atoms with Gasteiger partial charge in [0.05, 0.1) is 44.8 Å². The molecule has 1 fully saturated rings. The lowest BCUT2D eigenvalue weighted by atomic mass is 9.78. The molecule has 9 heteroatoms. The number of hydrogen-bond donors (Lipinski definition) is 0. The number of para-hydroxylation sites is 4. The van der Waals surface area contributed by atoms with Gasteiger partial charge in [0.25, 0.3) is 0 Å². The van der Waals surface area contributed by atoms with E-state index in [1.165, 1.54) is 26.7 Å². The predicted molar refractivity (Wildman–Crippen MR) is 271 cm³/mol. The van der Waals surface area contributed by atoms with Gasteiger partial charge in [0.2, 0.25) is 5.95 Å². The average molecular weight is 926 g/mol. The van der Waals surface area contributed by atoms with Crippen molar-refractivity contribution in [1.82, 2.24) is 14.5 Å². The number of benzene rings is 8. The lowest BCUT2D eigenvalue weighted by Gasteiger charge is -2.36. The summed E-state index contributed by atoms with van der Waals surface area (Å²) < 4.78 is 16.9. The van der Waals surface area contributed by atoms with Crippen molar-refractivity contribution in [3.05, 3.63) is 198 Å².